The minimum absolute atomic E-state index is 0.237. The van der Waals surface area contributed by atoms with E-state index in [1.54, 1.807) is 0 Å². The summed E-state index contributed by atoms with van der Waals surface area (Å²) < 4.78 is 82.8. The fourth-order valence-corrected chi connectivity index (χ4v) is 10.9. The van der Waals surface area contributed by atoms with Gasteiger partial charge in [0.25, 0.3) is 0 Å². The molecule has 239 valence electrons. The summed E-state index contributed by atoms with van der Waals surface area (Å²) in [7, 11) is -0.640. The van der Waals surface area contributed by atoms with Crippen LogP contribution in [0.4, 0.5) is 26.3 Å². The van der Waals surface area contributed by atoms with E-state index < -0.39 is 39.5 Å². The number of nitrogens with zero attached hydrogens (tertiary/aromatic N) is 1. The summed E-state index contributed by atoms with van der Waals surface area (Å²) in [5, 5.41) is 5.90. The van der Waals surface area contributed by atoms with Crippen molar-refractivity contribution in [3.63, 3.8) is 0 Å². The van der Waals surface area contributed by atoms with Crippen molar-refractivity contribution < 1.29 is 26.3 Å². The highest BCUT2D eigenvalue weighted by Crippen LogP contribution is 2.59. The first kappa shape index (κ1) is 33.7. The van der Waals surface area contributed by atoms with Gasteiger partial charge < -0.3 is 0 Å². The van der Waals surface area contributed by atoms with Gasteiger partial charge in [0.05, 0.1) is 11.1 Å². The lowest BCUT2D eigenvalue weighted by Crippen LogP contribution is -2.38. The predicted molar refractivity (Wildman–Crippen MR) is 182 cm³/mol. The highest BCUT2D eigenvalue weighted by Gasteiger charge is 2.43. The Labute approximate surface area is 274 Å². The second-order valence-electron chi connectivity index (χ2n) is 11.2. The standard InChI is InChI=1S/C38H30F6NP2/c1-26(45(2)47(31-22-18-28(19-23-31)37(39,40)41)32-24-20-29(21-25-32)38(42,43)44)33-15-9-17-35(33)46(30-12-4-3-5-13-30)36-16-8-11-27-10-6-7-14-34(27)36/h3-26H,1-2H3/t26-,46-/m0/s1. The molecule has 5 aromatic carbocycles. The minimum atomic E-state index is -4.50. The van der Waals surface area contributed by atoms with Crippen LogP contribution in [0.5, 0.6) is 0 Å². The maximum atomic E-state index is 13.5. The Morgan fingerprint density at radius 2 is 1.11 bits per heavy atom. The topological polar surface area (TPSA) is 3.24 Å². The number of hydrogen-bond acceptors (Lipinski definition) is 1. The van der Waals surface area contributed by atoms with Crippen molar-refractivity contribution >= 4 is 48.0 Å². The van der Waals surface area contributed by atoms with Gasteiger partial charge in [0.1, 0.15) is 0 Å². The van der Waals surface area contributed by atoms with E-state index in [1.807, 2.05) is 50.7 Å². The van der Waals surface area contributed by atoms with Crippen LogP contribution < -0.4 is 21.2 Å². The molecule has 0 N–H and O–H groups in total. The summed E-state index contributed by atoms with van der Waals surface area (Å²) in [6.07, 6.45) is -2.77. The molecule has 5 radical (unpaired) electrons. The SMILES string of the molecule is C[C@@H]([C]1[CH][CH][CH][C]1[P@](c1ccccc1)c1cccc2ccccc12)N(C)P(c1ccc(C(F)(F)F)cc1)c1ccc(C(F)(F)F)cc1. The van der Waals surface area contributed by atoms with E-state index in [1.165, 1.54) is 34.9 Å². The fourth-order valence-electron chi connectivity index (χ4n) is 5.84. The molecule has 0 bridgehead atoms. The molecule has 0 unspecified atom stereocenters. The minimum Gasteiger partial charge on any atom is -0.274 e. The first-order valence-corrected chi connectivity index (χ1v) is 17.5. The zero-order valence-electron chi connectivity index (χ0n) is 25.5. The lowest BCUT2D eigenvalue weighted by Gasteiger charge is -2.40. The lowest BCUT2D eigenvalue weighted by atomic mass is 9.99. The monoisotopic (exact) mass is 676 g/mol. The van der Waals surface area contributed by atoms with E-state index in [2.05, 4.69) is 60.0 Å². The van der Waals surface area contributed by atoms with Gasteiger partial charge >= 0.3 is 12.4 Å². The molecule has 1 aliphatic carbocycles. The third kappa shape index (κ3) is 7.14. The van der Waals surface area contributed by atoms with Gasteiger partial charge in [-0.25, -0.2) is 0 Å². The van der Waals surface area contributed by atoms with Crippen LogP contribution in [-0.2, 0) is 12.4 Å². The first-order valence-electron chi connectivity index (χ1n) is 14.9. The summed E-state index contributed by atoms with van der Waals surface area (Å²) >= 11 is 0. The second-order valence-corrected chi connectivity index (χ2v) is 15.6. The van der Waals surface area contributed by atoms with Gasteiger partial charge in [0.2, 0.25) is 0 Å². The molecule has 1 nitrogen and oxygen atoms in total. The molecule has 5 aromatic rings. The summed E-state index contributed by atoms with van der Waals surface area (Å²) in [5.41, 5.74) is -0.404. The highest BCUT2D eigenvalue weighted by atomic mass is 31.1. The van der Waals surface area contributed by atoms with Crippen LogP contribution in [0.25, 0.3) is 10.8 Å². The molecule has 6 rings (SSSR count). The quantitative estimate of drug-likeness (QED) is 0.117. The maximum Gasteiger partial charge on any atom is 0.416 e. The number of halogens is 6. The first-order chi connectivity index (χ1) is 22.4. The Bertz CT molecular complexity index is 1730. The molecule has 1 aliphatic rings. The van der Waals surface area contributed by atoms with Gasteiger partial charge in [-0.2, -0.15) is 26.3 Å². The molecular formula is C38H30F6NP2. The van der Waals surface area contributed by atoms with Gasteiger partial charge in [-0.15, -0.1) is 0 Å². The molecule has 9 heteroatoms. The van der Waals surface area contributed by atoms with Crippen molar-refractivity contribution in [2.24, 2.45) is 0 Å². The van der Waals surface area contributed by atoms with E-state index >= 15 is 0 Å². The largest absolute Gasteiger partial charge is 0.416 e. The second kappa shape index (κ2) is 13.7. The smallest absolute Gasteiger partial charge is 0.274 e. The number of alkyl halides is 6. The highest BCUT2D eigenvalue weighted by molar-refractivity contribution is 7.76. The molecule has 0 heterocycles. The Morgan fingerprint density at radius 1 is 0.574 bits per heavy atom. The van der Waals surface area contributed by atoms with Gasteiger partial charge in [-0.1, -0.05) is 97.1 Å². The molecule has 0 amide bonds. The number of benzene rings is 5. The number of fused-ring (bicyclic) bond motifs is 1. The van der Waals surface area contributed by atoms with Gasteiger partial charge in [-0.3, -0.25) is 4.67 Å². The van der Waals surface area contributed by atoms with Crippen LogP contribution in [0.15, 0.2) is 121 Å². The van der Waals surface area contributed by atoms with Crippen LogP contribution in [0.1, 0.15) is 18.1 Å². The van der Waals surface area contributed by atoms with Crippen molar-refractivity contribution in [3.8, 4) is 0 Å². The maximum absolute atomic E-state index is 13.5. The van der Waals surface area contributed by atoms with Crippen LogP contribution in [-0.4, -0.2) is 17.8 Å². The number of rotatable bonds is 8. The van der Waals surface area contributed by atoms with Crippen molar-refractivity contribution in [3.05, 3.63) is 163 Å². The van der Waals surface area contributed by atoms with Crippen LogP contribution >= 0.6 is 16.0 Å². The van der Waals surface area contributed by atoms with Gasteiger partial charge in [0.15, 0.2) is 0 Å². The summed E-state index contributed by atoms with van der Waals surface area (Å²) in [5.74, 6) is 1.06. The third-order valence-corrected chi connectivity index (χ3v) is 13.4. The Morgan fingerprint density at radius 3 is 1.68 bits per heavy atom. The summed E-state index contributed by atoms with van der Waals surface area (Å²) in [4.78, 5) is 0. The molecule has 0 aliphatic heterocycles. The van der Waals surface area contributed by atoms with Crippen molar-refractivity contribution in [2.45, 2.75) is 25.3 Å². The predicted octanol–water partition coefficient (Wildman–Crippen LogP) is 9.41. The summed E-state index contributed by atoms with van der Waals surface area (Å²) in [6, 6.07) is 34.6. The lowest BCUT2D eigenvalue weighted by molar-refractivity contribution is -0.138. The van der Waals surface area contributed by atoms with Crippen LogP contribution in [0, 0.1) is 30.8 Å². The van der Waals surface area contributed by atoms with E-state index in [9.17, 15) is 26.3 Å². The molecule has 47 heavy (non-hydrogen) atoms. The number of hydrogen-bond donors (Lipinski definition) is 0. The molecule has 2 atom stereocenters. The van der Waals surface area contributed by atoms with E-state index in [0.29, 0.717) is 10.6 Å². The van der Waals surface area contributed by atoms with E-state index in [-0.39, 0.29) is 6.04 Å². The normalized spacial score (nSPS) is 16.3. The molecule has 1 fully saturated rings. The van der Waals surface area contributed by atoms with Gasteiger partial charge in [-0.05, 0) is 97.4 Å². The van der Waals surface area contributed by atoms with Crippen LogP contribution in [0.2, 0.25) is 0 Å². The molecule has 0 saturated heterocycles. The zero-order valence-corrected chi connectivity index (χ0v) is 27.3. The Hall–Kier alpha value is -3.24. The molecule has 0 spiro atoms. The van der Waals surface area contributed by atoms with Crippen LogP contribution in [0.3, 0.4) is 0 Å². The van der Waals surface area contributed by atoms with E-state index in [4.69, 9.17) is 0 Å². The van der Waals surface area contributed by atoms with Crippen molar-refractivity contribution in [1.29, 1.82) is 0 Å². The third-order valence-electron chi connectivity index (χ3n) is 8.29. The summed E-state index contributed by atoms with van der Waals surface area (Å²) in [6.45, 7) is 2.05. The molecule has 1 saturated carbocycles. The average Bonchev–Trinajstić information content (AvgIpc) is 3.54. The van der Waals surface area contributed by atoms with Gasteiger partial charge in [0, 0.05) is 25.7 Å². The van der Waals surface area contributed by atoms with Crippen molar-refractivity contribution in [1.82, 2.24) is 4.67 Å². The van der Waals surface area contributed by atoms with Crippen molar-refractivity contribution in [2.75, 3.05) is 7.05 Å². The molecule has 0 aromatic heterocycles. The molecular weight excluding hydrogens is 646 g/mol. The Kier molecular flexibility index (Phi) is 9.81. The van der Waals surface area contributed by atoms with E-state index in [0.717, 1.165) is 46.6 Å². The zero-order chi connectivity index (χ0) is 33.3. The fraction of sp³-hybridized carbons (Fsp3) is 0.132. The average molecular weight is 677 g/mol. The Balaban J connectivity index is 1.40.